The van der Waals surface area contributed by atoms with Crippen LogP contribution in [0.5, 0.6) is 17.2 Å². The quantitative estimate of drug-likeness (QED) is 0.533. The van der Waals surface area contributed by atoms with Crippen molar-refractivity contribution in [2.45, 2.75) is 40.2 Å². The summed E-state index contributed by atoms with van der Waals surface area (Å²) in [5, 5.41) is 0. The summed E-state index contributed by atoms with van der Waals surface area (Å²) >= 11 is 0. The van der Waals surface area contributed by atoms with Crippen LogP contribution in [0.25, 0.3) is 11.4 Å². The molecule has 0 fully saturated rings. The average Bonchev–Trinajstić information content (AvgIpc) is 2.73. The largest absolute Gasteiger partial charge is 0.497 e. The van der Waals surface area contributed by atoms with Crippen molar-refractivity contribution in [2.24, 2.45) is 0 Å². The van der Waals surface area contributed by atoms with E-state index in [0.717, 1.165) is 33.9 Å². The molecule has 3 rings (SSSR count). The highest BCUT2D eigenvalue weighted by Gasteiger charge is 2.13. The van der Waals surface area contributed by atoms with Crippen molar-refractivity contribution in [2.75, 3.05) is 14.2 Å². The topological polar surface area (TPSA) is 53.5 Å². The van der Waals surface area contributed by atoms with Gasteiger partial charge in [0.1, 0.15) is 23.9 Å². The first-order valence-electron chi connectivity index (χ1n) is 9.71. The van der Waals surface area contributed by atoms with Gasteiger partial charge in [0, 0.05) is 17.5 Å². The number of ether oxygens (including phenoxy) is 3. The molecule has 1 heterocycles. The summed E-state index contributed by atoms with van der Waals surface area (Å²) in [5.41, 5.74) is 5.00. The second-order valence-corrected chi connectivity index (χ2v) is 7.34. The van der Waals surface area contributed by atoms with Crippen LogP contribution < -0.4 is 14.2 Å². The normalized spacial score (nSPS) is 10.9. The molecule has 5 heteroatoms. The minimum absolute atomic E-state index is 0.420. The van der Waals surface area contributed by atoms with Crippen LogP contribution in [0.3, 0.4) is 0 Å². The number of rotatable bonds is 7. The molecule has 5 nitrogen and oxygen atoms in total. The Labute approximate surface area is 172 Å². The molecule has 0 saturated heterocycles. The predicted molar refractivity (Wildman–Crippen MR) is 115 cm³/mol. The highest BCUT2D eigenvalue weighted by atomic mass is 16.5. The van der Waals surface area contributed by atoms with Crippen molar-refractivity contribution in [1.29, 1.82) is 0 Å². The third kappa shape index (κ3) is 4.67. The van der Waals surface area contributed by atoms with Crippen LogP contribution in [-0.2, 0) is 6.61 Å². The summed E-state index contributed by atoms with van der Waals surface area (Å²) in [6.45, 7) is 8.80. The standard InChI is InChI=1S/C24H28N2O3/c1-15(2)18-8-7-16(3)23(11-18)29-14-19-13-25-24(26-17(19)4)21-12-20(27-5)9-10-22(21)28-6/h7-13,15H,14H2,1-6H3. The molecule has 0 aliphatic heterocycles. The average molecular weight is 392 g/mol. The van der Waals surface area contributed by atoms with Crippen molar-refractivity contribution < 1.29 is 14.2 Å². The molecule has 152 valence electrons. The Hall–Kier alpha value is -3.08. The summed E-state index contributed by atoms with van der Waals surface area (Å²) in [5.74, 6) is 3.39. The van der Waals surface area contributed by atoms with Gasteiger partial charge in [0.05, 0.1) is 19.8 Å². The lowest BCUT2D eigenvalue weighted by Crippen LogP contribution is -2.04. The number of nitrogens with zero attached hydrogens (tertiary/aromatic N) is 2. The highest BCUT2D eigenvalue weighted by molar-refractivity contribution is 5.66. The van der Waals surface area contributed by atoms with Crippen LogP contribution in [0, 0.1) is 13.8 Å². The van der Waals surface area contributed by atoms with E-state index in [0.29, 0.717) is 24.1 Å². The molecule has 0 unspecified atom stereocenters. The Morgan fingerprint density at radius 3 is 2.38 bits per heavy atom. The van der Waals surface area contributed by atoms with Crippen LogP contribution in [0.2, 0.25) is 0 Å². The first kappa shape index (κ1) is 20.6. The number of methoxy groups -OCH3 is 2. The third-order valence-electron chi connectivity index (χ3n) is 4.99. The lowest BCUT2D eigenvalue weighted by molar-refractivity contribution is 0.302. The fourth-order valence-corrected chi connectivity index (χ4v) is 3.04. The first-order chi connectivity index (χ1) is 13.9. The maximum absolute atomic E-state index is 6.10. The molecule has 0 spiro atoms. The molecule has 0 radical (unpaired) electrons. The second-order valence-electron chi connectivity index (χ2n) is 7.34. The number of hydrogen-bond acceptors (Lipinski definition) is 5. The molecule has 0 aliphatic carbocycles. The van der Waals surface area contributed by atoms with Gasteiger partial charge in [0.25, 0.3) is 0 Å². The second kappa shape index (κ2) is 8.95. The smallest absolute Gasteiger partial charge is 0.163 e. The molecule has 0 aliphatic rings. The number of hydrogen-bond donors (Lipinski definition) is 0. The zero-order valence-electron chi connectivity index (χ0n) is 17.9. The zero-order valence-corrected chi connectivity index (χ0v) is 17.9. The van der Waals surface area contributed by atoms with Crippen LogP contribution >= 0.6 is 0 Å². The highest BCUT2D eigenvalue weighted by Crippen LogP contribution is 2.32. The fraction of sp³-hybridized carbons (Fsp3) is 0.333. The number of benzene rings is 2. The van der Waals surface area contributed by atoms with Gasteiger partial charge >= 0.3 is 0 Å². The molecule has 0 saturated carbocycles. The molecule has 3 aromatic rings. The third-order valence-corrected chi connectivity index (χ3v) is 4.99. The molecular formula is C24H28N2O3. The van der Waals surface area contributed by atoms with Gasteiger partial charge in [-0.2, -0.15) is 0 Å². The van der Waals surface area contributed by atoms with E-state index in [4.69, 9.17) is 14.2 Å². The van der Waals surface area contributed by atoms with E-state index in [2.05, 4.69) is 48.9 Å². The Balaban J connectivity index is 1.83. The summed E-state index contributed by atoms with van der Waals surface area (Å²) in [7, 11) is 3.27. The molecular weight excluding hydrogens is 364 g/mol. The summed E-state index contributed by atoms with van der Waals surface area (Å²) in [6.07, 6.45) is 1.82. The van der Waals surface area contributed by atoms with E-state index in [-0.39, 0.29) is 0 Å². The van der Waals surface area contributed by atoms with Gasteiger partial charge in [-0.25, -0.2) is 9.97 Å². The summed E-state index contributed by atoms with van der Waals surface area (Å²) in [6, 6.07) is 12.0. The number of aryl methyl sites for hydroxylation is 2. The molecule has 0 atom stereocenters. The summed E-state index contributed by atoms with van der Waals surface area (Å²) < 4.78 is 16.9. The van der Waals surface area contributed by atoms with Gasteiger partial charge in [-0.05, 0) is 55.2 Å². The van der Waals surface area contributed by atoms with Crippen molar-refractivity contribution in [3.63, 3.8) is 0 Å². The molecule has 2 aromatic carbocycles. The first-order valence-corrected chi connectivity index (χ1v) is 9.71. The Kier molecular flexibility index (Phi) is 6.37. The van der Waals surface area contributed by atoms with Crippen LogP contribution in [0.4, 0.5) is 0 Å². The molecule has 0 N–H and O–H groups in total. The van der Waals surface area contributed by atoms with Gasteiger partial charge in [-0.3, -0.25) is 0 Å². The van der Waals surface area contributed by atoms with E-state index in [1.165, 1.54) is 5.56 Å². The maximum Gasteiger partial charge on any atom is 0.163 e. The van der Waals surface area contributed by atoms with Gasteiger partial charge in [0.15, 0.2) is 5.82 Å². The van der Waals surface area contributed by atoms with E-state index in [1.54, 1.807) is 14.2 Å². The maximum atomic E-state index is 6.10. The Morgan fingerprint density at radius 1 is 0.931 bits per heavy atom. The summed E-state index contributed by atoms with van der Waals surface area (Å²) in [4.78, 5) is 9.23. The van der Waals surface area contributed by atoms with E-state index >= 15 is 0 Å². The Bertz CT molecular complexity index is 999. The van der Waals surface area contributed by atoms with Crippen molar-refractivity contribution in [3.05, 3.63) is 65.0 Å². The van der Waals surface area contributed by atoms with Gasteiger partial charge < -0.3 is 14.2 Å². The van der Waals surface area contributed by atoms with Crippen molar-refractivity contribution >= 4 is 0 Å². The van der Waals surface area contributed by atoms with Gasteiger partial charge in [-0.1, -0.05) is 26.0 Å². The Morgan fingerprint density at radius 2 is 1.72 bits per heavy atom. The monoisotopic (exact) mass is 392 g/mol. The van der Waals surface area contributed by atoms with Gasteiger partial charge in [-0.15, -0.1) is 0 Å². The van der Waals surface area contributed by atoms with E-state index in [1.807, 2.05) is 31.3 Å². The lowest BCUT2D eigenvalue weighted by atomic mass is 10.0. The van der Waals surface area contributed by atoms with E-state index < -0.39 is 0 Å². The molecule has 0 amide bonds. The molecule has 0 bridgehead atoms. The minimum atomic E-state index is 0.420. The molecule has 1 aromatic heterocycles. The minimum Gasteiger partial charge on any atom is -0.497 e. The van der Waals surface area contributed by atoms with Crippen LogP contribution in [0.1, 0.15) is 42.1 Å². The predicted octanol–water partition coefficient (Wildman–Crippen LogP) is 5.48. The van der Waals surface area contributed by atoms with Crippen molar-refractivity contribution in [3.8, 4) is 28.6 Å². The van der Waals surface area contributed by atoms with Crippen LogP contribution in [-0.4, -0.2) is 24.2 Å². The van der Waals surface area contributed by atoms with Crippen molar-refractivity contribution in [1.82, 2.24) is 9.97 Å². The fourth-order valence-electron chi connectivity index (χ4n) is 3.04. The zero-order chi connectivity index (χ0) is 21.0. The van der Waals surface area contributed by atoms with E-state index in [9.17, 15) is 0 Å². The number of aromatic nitrogens is 2. The molecule has 29 heavy (non-hydrogen) atoms. The van der Waals surface area contributed by atoms with Gasteiger partial charge in [0.2, 0.25) is 0 Å². The van der Waals surface area contributed by atoms with Crippen LogP contribution in [0.15, 0.2) is 42.6 Å². The SMILES string of the molecule is COc1ccc(OC)c(-c2ncc(COc3cc(C(C)C)ccc3C)c(C)n2)c1. The lowest BCUT2D eigenvalue weighted by Gasteiger charge is -2.14.